The Morgan fingerprint density at radius 1 is 0.929 bits per heavy atom. The Balaban J connectivity index is 1.65. The summed E-state index contributed by atoms with van der Waals surface area (Å²) in [7, 11) is 0. The maximum atomic E-state index is 12.5. The summed E-state index contributed by atoms with van der Waals surface area (Å²) in [5, 5.41) is 3.86. The third-order valence-corrected chi connectivity index (χ3v) is 4.82. The van der Waals surface area contributed by atoms with Crippen LogP contribution in [-0.4, -0.2) is 10.9 Å². The molecular weight excluding hydrogens is 399 g/mol. The molecule has 0 bridgehead atoms. The zero-order chi connectivity index (χ0) is 19.7. The Morgan fingerprint density at radius 3 is 2.57 bits per heavy atom. The number of halogens is 2. The summed E-state index contributed by atoms with van der Waals surface area (Å²) in [6, 6.07) is 18.5. The minimum absolute atomic E-state index is 0.175. The summed E-state index contributed by atoms with van der Waals surface area (Å²) in [4.78, 5) is 29.0. The zero-order valence-electron chi connectivity index (χ0n) is 14.3. The van der Waals surface area contributed by atoms with Crippen LogP contribution in [0.3, 0.4) is 0 Å². The molecule has 0 unspecified atom stereocenters. The third kappa shape index (κ3) is 3.63. The molecule has 1 amide bonds. The summed E-state index contributed by atoms with van der Waals surface area (Å²) in [6.45, 7) is 0. The Hall–Kier alpha value is -3.15. The molecule has 0 saturated heterocycles. The van der Waals surface area contributed by atoms with Crippen molar-refractivity contribution in [1.82, 2.24) is 4.98 Å². The number of hydrogen-bond donors (Lipinski definition) is 1. The molecule has 28 heavy (non-hydrogen) atoms. The molecule has 0 aliphatic rings. The van der Waals surface area contributed by atoms with Crippen molar-refractivity contribution in [3.63, 3.8) is 0 Å². The molecule has 1 heterocycles. The minimum atomic E-state index is -0.467. The Labute approximate surface area is 169 Å². The van der Waals surface area contributed by atoms with E-state index in [9.17, 15) is 9.59 Å². The highest BCUT2D eigenvalue weighted by atomic mass is 35.5. The van der Waals surface area contributed by atoms with Gasteiger partial charge in [0, 0.05) is 16.8 Å². The number of para-hydroxylation sites is 1. The van der Waals surface area contributed by atoms with Gasteiger partial charge in [-0.05, 0) is 48.5 Å². The maximum Gasteiger partial charge on any atom is 0.347 e. The molecule has 0 atom stereocenters. The van der Waals surface area contributed by atoms with Crippen molar-refractivity contribution in [2.75, 3.05) is 5.32 Å². The van der Waals surface area contributed by atoms with Crippen LogP contribution in [0.15, 0.2) is 75.9 Å². The van der Waals surface area contributed by atoms with Gasteiger partial charge in [0.1, 0.15) is 0 Å². The monoisotopic (exact) mass is 410 g/mol. The normalized spacial score (nSPS) is 10.8. The Bertz CT molecular complexity index is 1270. The van der Waals surface area contributed by atoms with Gasteiger partial charge in [0.05, 0.1) is 20.9 Å². The van der Waals surface area contributed by atoms with E-state index < -0.39 is 5.63 Å². The Kier molecular flexibility index (Phi) is 4.86. The molecule has 138 valence electrons. The van der Waals surface area contributed by atoms with Gasteiger partial charge in [-0.2, -0.15) is 0 Å². The number of rotatable bonds is 3. The average molecular weight is 411 g/mol. The molecule has 1 aromatic heterocycles. The Morgan fingerprint density at radius 2 is 1.75 bits per heavy atom. The van der Waals surface area contributed by atoms with Gasteiger partial charge in [0.25, 0.3) is 5.91 Å². The smallest absolute Gasteiger partial charge is 0.347 e. The molecule has 0 aliphatic carbocycles. The molecule has 0 radical (unpaired) electrons. The molecule has 0 aliphatic heterocycles. The van der Waals surface area contributed by atoms with E-state index in [1.54, 1.807) is 60.7 Å². The van der Waals surface area contributed by atoms with Crippen molar-refractivity contribution in [2.24, 2.45) is 0 Å². The standard InChI is InChI=1S/C21H12Cl2N2O3/c22-16-9-8-12(11-17(16)23)19(26)24-14-5-3-4-13(10-14)20-25-18-7-2-1-6-15(18)21(27)28-20/h1-11H,(H,24,26). The minimum Gasteiger partial charge on any atom is -0.403 e. The average Bonchev–Trinajstić information content (AvgIpc) is 2.70. The number of benzene rings is 3. The van der Waals surface area contributed by atoms with Crippen molar-refractivity contribution < 1.29 is 9.21 Å². The first-order valence-electron chi connectivity index (χ1n) is 8.28. The SMILES string of the molecule is O=C(Nc1cccc(-c2nc3ccccc3c(=O)o2)c1)c1ccc(Cl)c(Cl)c1. The molecule has 3 aromatic carbocycles. The van der Waals surface area contributed by atoms with Gasteiger partial charge in [-0.1, -0.05) is 41.4 Å². The highest BCUT2D eigenvalue weighted by molar-refractivity contribution is 6.42. The van der Waals surface area contributed by atoms with Crippen LogP contribution in [0.5, 0.6) is 0 Å². The number of aromatic nitrogens is 1. The van der Waals surface area contributed by atoms with E-state index in [0.717, 1.165) is 0 Å². The summed E-state index contributed by atoms with van der Waals surface area (Å²) in [5.74, 6) is -0.169. The molecule has 0 fully saturated rings. The number of hydrogen-bond acceptors (Lipinski definition) is 4. The van der Waals surface area contributed by atoms with Crippen LogP contribution < -0.4 is 10.9 Å². The number of fused-ring (bicyclic) bond motifs is 1. The van der Waals surface area contributed by atoms with Crippen molar-refractivity contribution in [3.8, 4) is 11.5 Å². The van der Waals surface area contributed by atoms with Crippen LogP contribution in [0.25, 0.3) is 22.4 Å². The fourth-order valence-electron chi connectivity index (χ4n) is 2.71. The highest BCUT2D eigenvalue weighted by Crippen LogP contribution is 2.25. The first kappa shape index (κ1) is 18.2. The van der Waals surface area contributed by atoms with Crippen molar-refractivity contribution in [2.45, 2.75) is 0 Å². The quantitative estimate of drug-likeness (QED) is 0.489. The lowest BCUT2D eigenvalue weighted by Gasteiger charge is -2.08. The number of carbonyl (C=O) groups excluding carboxylic acids is 1. The van der Waals surface area contributed by atoms with Gasteiger partial charge in [0.2, 0.25) is 5.89 Å². The van der Waals surface area contributed by atoms with Crippen molar-refractivity contribution in [3.05, 3.63) is 92.8 Å². The summed E-state index contributed by atoms with van der Waals surface area (Å²) in [6.07, 6.45) is 0. The van der Waals surface area contributed by atoms with E-state index in [2.05, 4.69) is 10.3 Å². The molecule has 0 saturated carbocycles. The van der Waals surface area contributed by atoms with Gasteiger partial charge in [-0.25, -0.2) is 9.78 Å². The second kappa shape index (κ2) is 7.46. The second-order valence-electron chi connectivity index (χ2n) is 5.99. The van der Waals surface area contributed by atoms with Crippen LogP contribution in [0.2, 0.25) is 10.0 Å². The first-order valence-corrected chi connectivity index (χ1v) is 9.03. The number of nitrogens with one attached hydrogen (secondary N) is 1. The molecule has 4 aromatic rings. The highest BCUT2D eigenvalue weighted by Gasteiger charge is 2.11. The van der Waals surface area contributed by atoms with Gasteiger partial charge < -0.3 is 9.73 Å². The van der Waals surface area contributed by atoms with Crippen molar-refractivity contribution >= 4 is 45.7 Å². The van der Waals surface area contributed by atoms with Crippen LogP contribution in [0.1, 0.15) is 10.4 Å². The van der Waals surface area contributed by atoms with E-state index in [1.165, 1.54) is 6.07 Å². The number of nitrogens with zero attached hydrogens (tertiary/aromatic N) is 1. The predicted octanol–water partition coefficient (Wildman–Crippen LogP) is 5.41. The van der Waals surface area contributed by atoms with Crippen LogP contribution >= 0.6 is 23.2 Å². The lowest BCUT2D eigenvalue weighted by molar-refractivity contribution is 0.102. The largest absolute Gasteiger partial charge is 0.403 e. The fourth-order valence-corrected chi connectivity index (χ4v) is 3.01. The van der Waals surface area contributed by atoms with Gasteiger partial charge in [-0.3, -0.25) is 4.79 Å². The van der Waals surface area contributed by atoms with Gasteiger partial charge in [-0.15, -0.1) is 0 Å². The topological polar surface area (TPSA) is 72.2 Å². The summed E-state index contributed by atoms with van der Waals surface area (Å²) in [5.41, 5.74) is 1.53. The number of anilines is 1. The van der Waals surface area contributed by atoms with E-state index in [1.807, 2.05) is 0 Å². The van der Waals surface area contributed by atoms with Gasteiger partial charge in [0.15, 0.2) is 0 Å². The number of amides is 1. The first-order chi connectivity index (χ1) is 13.5. The van der Waals surface area contributed by atoms with Gasteiger partial charge >= 0.3 is 5.63 Å². The predicted molar refractivity (Wildman–Crippen MR) is 110 cm³/mol. The van der Waals surface area contributed by atoms with E-state index in [0.29, 0.717) is 37.8 Å². The van der Waals surface area contributed by atoms with Crippen molar-refractivity contribution in [1.29, 1.82) is 0 Å². The molecule has 7 heteroatoms. The molecular formula is C21H12Cl2N2O3. The molecule has 4 rings (SSSR count). The maximum absolute atomic E-state index is 12.5. The second-order valence-corrected chi connectivity index (χ2v) is 6.80. The lowest BCUT2D eigenvalue weighted by atomic mass is 10.1. The molecule has 0 spiro atoms. The zero-order valence-corrected chi connectivity index (χ0v) is 15.8. The van der Waals surface area contributed by atoms with E-state index >= 15 is 0 Å². The van der Waals surface area contributed by atoms with Crippen LogP contribution in [0, 0.1) is 0 Å². The van der Waals surface area contributed by atoms with Crippen LogP contribution in [-0.2, 0) is 0 Å². The lowest BCUT2D eigenvalue weighted by Crippen LogP contribution is -2.12. The summed E-state index contributed by atoms with van der Waals surface area (Å²) >= 11 is 11.8. The fraction of sp³-hybridized carbons (Fsp3) is 0. The van der Waals surface area contributed by atoms with E-state index in [-0.39, 0.29) is 11.8 Å². The number of carbonyl (C=O) groups is 1. The van der Waals surface area contributed by atoms with E-state index in [4.69, 9.17) is 27.6 Å². The van der Waals surface area contributed by atoms with Crippen LogP contribution in [0.4, 0.5) is 5.69 Å². The summed E-state index contributed by atoms with van der Waals surface area (Å²) < 4.78 is 5.34. The molecule has 5 nitrogen and oxygen atoms in total. The third-order valence-electron chi connectivity index (χ3n) is 4.08. The molecule has 1 N–H and O–H groups in total.